The zero-order valence-electron chi connectivity index (χ0n) is 20.1. The van der Waals surface area contributed by atoms with Crippen molar-refractivity contribution >= 4 is 12.2 Å². The maximum absolute atomic E-state index is 12.3. The highest BCUT2D eigenvalue weighted by Gasteiger charge is 2.21. The predicted octanol–water partition coefficient (Wildman–Crippen LogP) is 4.11. The number of anilines is 1. The Labute approximate surface area is 205 Å². The van der Waals surface area contributed by atoms with E-state index in [1.165, 1.54) is 6.42 Å². The number of aromatic amines is 1. The van der Waals surface area contributed by atoms with Crippen LogP contribution < -0.4 is 15.7 Å². The molecule has 0 bridgehead atoms. The lowest BCUT2D eigenvalue weighted by atomic mass is 9.92. The van der Waals surface area contributed by atoms with Crippen LogP contribution in [-0.2, 0) is 0 Å². The number of likely N-dealkylation sites (tertiary alicyclic amines) is 1. The third kappa shape index (κ3) is 6.55. The van der Waals surface area contributed by atoms with Gasteiger partial charge in [-0.1, -0.05) is 44.2 Å². The Balaban J connectivity index is 1.33. The van der Waals surface area contributed by atoms with E-state index in [2.05, 4.69) is 39.2 Å². The Kier molecular flexibility index (Phi) is 7.91. The van der Waals surface area contributed by atoms with Gasteiger partial charge in [0.2, 0.25) is 5.95 Å². The van der Waals surface area contributed by atoms with Crippen LogP contribution in [0, 0.1) is 23.2 Å². The highest BCUT2D eigenvalue weighted by atomic mass is 16.5. The van der Waals surface area contributed by atoms with Crippen LogP contribution in [0.4, 0.5) is 5.95 Å². The van der Waals surface area contributed by atoms with Gasteiger partial charge in [-0.25, -0.2) is 10.4 Å². The first kappa shape index (κ1) is 24.2. The summed E-state index contributed by atoms with van der Waals surface area (Å²) >= 11 is 0. The summed E-state index contributed by atoms with van der Waals surface area (Å²) in [6.45, 7) is 8.51. The Morgan fingerprint density at radius 1 is 1.17 bits per heavy atom. The molecule has 1 saturated heterocycles. The number of hydrogen-bond acceptors (Lipinski definition) is 7. The minimum Gasteiger partial charge on any atom is -0.492 e. The first-order valence-corrected chi connectivity index (χ1v) is 11.9. The van der Waals surface area contributed by atoms with Crippen LogP contribution in [-0.4, -0.2) is 47.3 Å². The number of aromatic nitrogens is 2. The monoisotopic (exact) mass is 470 g/mol. The summed E-state index contributed by atoms with van der Waals surface area (Å²) in [4.78, 5) is 21.7. The van der Waals surface area contributed by atoms with Gasteiger partial charge in [0.1, 0.15) is 24.0 Å². The van der Waals surface area contributed by atoms with Crippen molar-refractivity contribution < 1.29 is 4.74 Å². The Morgan fingerprint density at radius 2 is 1.89 bits per heavy atom. The van der Waals surface area contributed by atoms with E-state index in [9.17, 15) is 10.1 Å². The number of hydrazone groups is 1. The largest absolute Gasteiger partial charge is 0.492 e. The molecule has 0 spiro atoms. The van der Waals surface area contributed by atoms with Crippen LogP contribution in [0.1, 0.15) is 31.4 Å². The molecule has 0 aliphatic carbocycles. The number of nitrogens with zero attached hydrogens (tertiary/aromatic N) is 4. The van der Waals surface area contributed by atoms with Crippen LogP contribution in [0.3, 0.4) is 0 Å². The van der Waals surface area contributed by atoms with Crippen molar-refractivity contribution in [3.05, 3.63) is 76.1 Å². The topological polar surface area (TPSA) is 106 Å². The van der Waals surface area contributed by atoms with Crippen molar-refractivity contribution in [2.24, 2.45) is 16.9 Å². The molecule has 2 N–H and O–H groups in total. The highest BCUT2D eigenvalue weighted by molar-refractivity contribution is 5.80. The standard InChI is InChI=1S/C27H30N6O2/c1-19-14-20(2)18-33(17-19)12-13-35-23-10-8-21(9-11-23)16-29-32-27-30-25(22-6-4-3-5-7-22)24(15-28)26(34)31-27/h3-11,16,19-20H,12-14,17-18H2,1-2H3,(H2,30,31,32,34). The van der Waals surface area contributed by atoms with Gasteiger partial charge in [-0.05, 0) is 48.1 Å². The second-order valence-electron chi connectivity index (χ2n) is 9.11. The normalized spacial score (nSPS) is 18.3. The molecule has 2 heterocycles. The first-order chi connectivity index (χ1) is 17.0. The van der Waals surface area contributed by atoms with Gasteiger partial charge in [0.15, 0.2) is 0 Å². The van der Waals surface area contributed by atoms with Gasteiger partial charge in [0.25, 0.3) is 5.56 Å². The lowest BCUT2D eigenvalue weighted by molar-refractivity contribution is 0.120. The lowest BCUT2D eigenvalue weighted by Crippen LogP contribution is -2.40. The van der Waals surface area contributed by atoms with E-state index in [0.717, 1.165) is 42.8 Å². The molecule has 0 saturated carbocycles. The molecule has 1 aliphatic rings. The molecule has 2 unspecified atom stereocenters. The van der Waals surface area contributed by atoms with Crippen molar-refractivity contribution in [1.29, 1.82) is 5.26 Å². The van der Waals surface area contributed by atoms with Crippen LogP contribution >= 0.6 is 0 Å². The van der Waals surface area contributed by atoms with Gasteiger partial charge < -0.3 is 4.74 Å². The molecular weight excluding hydrogens is 440 g/mol. The van der Waals surface area contributed by atoms with E-state index in [1.807, 2.05) is 48.5 Å². The Bertz CT molecular complexity index is 1240. The number of nitriles is 1. The van der Waals surface area contributed by atoms with Crippen molar-refractivity contribution in [2.75, 3.05) is 31.7 Å². The number of benzene rings is 2. The van der Waals surface area contributed by atoms with Gasteiger partial charge >= 0.3 is 0 Å². The van der Waals surface area contributed by atoms with Gasteiger partial charge in [0.05, 0.1) is 11.9 Å². The Hall–Kier alpha value is -3.96. The van der Waals surface area contributed by atoms with Gasteiger partial charge in [-0.3, -0.25) is 14.7 Å². The molecule has 0 radical (unpaired) electrons. The number of hydrogen-bond donors (Lipinski definition) is 2. The molecule has 4 rings (SSSR count). The van der Waals surface area contributed by atoms with E-state index in [1.54, 1.807) is 18.3 Å². The van der Waals surface area contributed by atoms with Gasteiger partial charge in [0, 0.05) is 25.2 Å². The molecule has 8 nitrogen and oxygen atoms in total. The minimum absolute atomic E-state index is 0.0365. The molecule has 3 aromatic rings. The minimum atomic E-state index is -0.519. The quantitative estimate of drug-likeness (QED) is 0.379. The molecule has 180 valence electrons. The van der Waals surface area contributed by atoms with E-state index >= 15 is 0 Å². The summed E-state index contributed by atoms with van der Waals surface area (Å²) in [5, 5.41) is 13.5. The van der Waals surface area contributed by atoms with E-state index in [4.69, 9.17) is 4.74 Å². The number of ether oxygens (including phenoxy) is 1. The number of H-pyrrole nitrogens is 1. The molecule has 1 aliphatic heterocycles. The fourth-order valence-electron chi connectivity index (χ4n) is 4.52. The number of nitrogens with one attached hydrogen (secondary N) is 2. The van der Waals surface area contributed by atoms with E-state index < -0.39 is 5.56 Å². The molecular formula is C27H30N6O2. The predicted molar refractivity (Wildman–Crippen MR) is 138 cm³/mol. The number of piperidine rings is 1. The number of rotatable bonds is 8. The second kappa shape index (κ2) is 11.4. The molecule has 1 aromatic heterocycles. The van der Waals surface area contributed by atoms with Gasteiger partial charge in [-0.2, -0.15) is 10.4 Å². The molecule has 8 heteroatoms. The molecule has 2 atom stereocenters. The summed E-state index contributed by atoms with van der Waals surface area (Å²) in [7, 11) is 0. The van der Waals surface area contributed by atoms with Crippen molar-refractivity contribution in [2.45, 2.75) is 20.3 Å². The summed E-state index contributed by atoms with van der Waals surface area (Å²) < 4.78 is 5.92. The maximum atomic E-state index is 12.3. The van der Waals surface area contributed by atoms with Crippen molar-refractivity contribution in [3.8, 4) is 23.1 Å². The average molecular weight is 471 g/mol. The molecule has 2 aromatic carbocycles. The van der Waals surface area contributed by atoms with Gasteiger partial charge in [-0.15, -0.1) is 0 Å². The smallest absolute Gasteiger partial charge is 0.270 e. The zero-order valence-corrected chi connectivity index (χ0v) is 20.1. The van der Waals surface area contributed by atoms with Crippen LogP contribution in [0.25, 0.3) is 11.3 Å². The first-order valence-electron chi connectivity index (χ1n) is 11.9. The summed E-state index contributed by atoms with van der Waals surface area (Å²) in [6, 6.07) is 18.7. The zero-order chi connectivity index (χ0) is 24.6. The third-order valence-electron chi connectivity index (χ3n) is 5.96. The molecule has 0 amide bonds. The Morgan fingerprint density at radius 3 is 2.57 bits per heavy atom. The highest BCUT2D eigenvalue weighted by Crippen LogP contribution is 2.21. The third-order valence-corrected chi connectivity index (χ3v) is 5.96. The van der Waals surface area contributed by atoms with Crippen LogP contribution in [0.15, 0.2) is 64.5 Å². The molecule has 35 heavy (non-hydrogen) atoms. The van der Waals surface area contributed by atoms with E-state index in [0.29, 0.717) is 17.9 Å². The fourth-order valence-corrected chi connectivity index (χ4v) is 4.52. The summed E-state index contributed by atoms with van der Waals surface area (Å²) in [6.07, 6.45) is 2.93. The SMILES string of the molecule is CC1CC(C)CN(CCOc2ccc(C=NNc3nc(-c4ccccc4)c(C#N)c(=O)[nH]3)cc2)C1. The molecule has 1 fully saturated rings. The van der Waals surface area contributed by atoms with Crippen LogP contribution in [0.5, 0.6) is 5.75 Å². The van der Waals surface area contributed by atoms with E-state index in [-0.39, 0.29) is 11.5 Å². The lowest BCUT2D eigenvalue weighted by Gasteiger charge is -2.34. The summed E-state index contributed by atoms with van der Waals surface area (Å²) in [5.74, 6) is 2.46. The fraction of sp³-hybridized carbons (Fsp3) is 0.333. The second-order valence-corrected chi connectivity index (χ2v) is 9.11. The van der Waals surface area contributed by atoms with Crippen molar-refractivity contribution in [3.63, 3.8) is 0 Å². The maximum Gasteiger partial charge on any atom is 0.270 e. The summed E-state index contributed by atoms with van der Waals surface area (Å²) in [5.41, 5.74) is 4.04. The van der Waals surface area contributed by atoms with Crippen LogP contribution in [0.2, 0.25) is 0 Å². The average Bonchev–Trinajstić information content (AvgIpc) is 2.85. The van der Waals surface area contributed by atoms with Crippen molar-refractivity contribution in [1.82, 2.24) is 14.9 Å².